The van der Waals surface area contributed by atoms with Crippen LogP contribution in [0.1, 0.15) is 40.5 Å². The fourth-order valence-electron chi connectivity index (χ4n) is 4.06. The maximum Gasteiger partial charge on any atom is 0.405 e. The number of rotatable bonds is 8. The average molecular weight is 514 g/mol. The summed E-state index contributed by atoms with van der Waals surface area (Å²) in [5, 5.41) is -4.75. The molecule has 3 aliphatic rings. The lowest BCUT2D eigenvalue weighted by atomic mass is 9.78. The molecular formula is C19H24F2O12S. The number of fused-ring (bicyclic) bond motifs is 1. The molecular weight excluding hydrogens is 490 g/mol. The number of halogens is 2. The molecule has 7 unspecified atom stereocenters. The summed E-state index contributed by atoms with van der Waals surface area (Å²) in [5.74, 6) is -5.74. The highest BCUT2D eigenvalue weighted by Gasteiger charge is 2.72. The minimum atomic E-state index is -5.83. The predicted octanol–water partition coefficient (Wildman–Crippen LogP) is 0.371. The molecule has 12 nitrogen and oxygen atoms in total. The molecule has 3 heterocycles. The van der Waals surface area contributed by atoms with Gasteiger partial charge in [0.2, 0.25) is 0 Å². The lowest BCUT2D eigenvalue weighted by Gasteiger charge is -2.29. The van der Waals surface area contributed by atoms with Crippen molar-refractivity contribution in [3.8, 4) is 0 Å². The van der Waals surface area contributed by atoms with E-state index in [2.05, 4.69) is 4.74 Å². The van der Waals surface area contributed by atoms with Crippen LogP contribution in [0, 0.1) is 11.8 Å². The summed E-state index contributed by atoms with van der Waals surface area (Å²) in [5.41, 5.74) is -0.851. The van der Waals surface area contributed by atoms with Crippen LogP contribution in [0.5, 0.6) is 0 Å². The fraction of sp³-hybridized carbons (Fsp3) is 0.789. The van der Waals surface area contributed by atoms with Crippen LogP contribution >= 0.6 is 0 Å². The number of esters is 4. The molecule has 0 amide bonds. The van der Waals surface area contributed by atoms with Crippen LogP contribution in [0.25, 0.3) is 0 Å². The van der Waals surface area contributed by atoms with E-state index in [0.717, 1.165) is 0 Å². The molecule has 2 bridgehead atoms. The van der Waals surface area contributed by atoms with Crippen molar-refractivity contribution in [3.05, 3.63) is 0 Å². The van der Waals surface area contributed by atoms with E-state index in [0.29, 0.717) is 6.92 Å². The molecule has 34 heavy (non-hydrogen) atoms. The second-order valence-electron chi connectivity index (χ2n) is 9.18. The Balaban J connectivity index is 1.59. The highest BCUT2D eigenvalue weighted by atomic mass is 32.2. The van der Waals surface area contributed by atoms with E-state index >= 15 is 0 Å². The molecule has 0 spiro atoms. The summed E-state index contributed by atoms with van der Waals surface area (Å²) in [7, 11) is -5.83. The molecule has 7 atom stereocenters. The molecule has 3 aliphatic heterocycles. The molecule has 15 heteroatoms. The highest BCUT2D eigenvalue weighted by Crippen LogP contribution is 2.51. The van der Waals surface area contributed by atoms with Crippen molar-refractivity contribution in [2.45, 2.75) is 81.9 Å². The Hall–Kier alpha value is -2.39. The molecule has 3 rings (SSSR count). The van der Waals surface area contributed by atoms with Gasteiger partial charge in [0.05, 0.1) is 12.8 Å². The Kier molecular flexibility index (Phi) is 6.69. The minimum absolute atomic E-state index is 0.554. The molecule has 192 valence electrons. The van der Waals surface area contributed by atoms with Crippen LogP contribution in [0.15, 0.2) is 0 Å². The summed E-state index contributed by atoms with van der Waals surface area (Å²) in [4.78, 5) is 48.9. The molecule has 0 radical (unpaired) electrons. The summed E-state index contributed by atoms with van der Waals surface area (Å²) in [6.07, 6.45) is -7.88. The summed E-state index contributed by atoms with van der Waals surface area (Å²) >= 11 is 0. The lowest BCUT2D eigenvalue weighted by molar-refractivity contribution is -0.170. The van der Waals surface area contributed by atoms with Crippen molar-refractivity contribution in [3.63, 3.8) is 0 Å². The zero-order chi connectivity index (χ0) is 25.8. The molecule has 0 aromatic carbocycles. The van der Waals surface area contributed by atoms with Crippen molar-refractivity contribution in [1.82, 2.24) is 0 Å². The molecule has 0 saturated carbocycles. The van der Waals surface area contributed by atoms with Crippen LogP contribution in [0.4, 0.5) is 8.78 Å². The molecule has 0 aliphatic carbocycles. The van der Waals surface area contributed by atoms with Gasteiger partial charge in [-0.3, -0.25) is 23.7 Å². The number of hydrogen-bond donors (Lipinski definition) is 1. The first-order chi connectivity index (χ1) is 15.4. The average Bonchev–Trinajstić information content (AvgIpc) is 3.27. The van der Waals surface area contributed by atoms with E-state index in [1.54, 1.807) is 20.8 Å². The second kappa shape index (κ2) is 8.68. The molecule has 3 fully saturated rings. The lowest BCUT2D eigenvalue weighted by Crippen LogP contribution is -2.48. The third-order valence-corrected chi connectivity index (χ3v) is 6.53. The quantitative estimate of drug-likeness (QED) is 0.269. The first kappa shape index (κ1) is 26.2. The van der Waals surface area contributed by atoms with Crippen molar-refractivity contribution in [1.29, 1.82) is 0 Å². The van der Waals surface area contributed by atoms with Crippen LogP contribution in [-0.4, -0.2) is 78.2 Å². The maximum atomic E-state index is 13.5. The monoisotopic (exact) mass is 514 g/mol. The summed E-state index contributed by atoms with van der Waals surface area (Å²) < 4.78 is 82.6. The normalized spacial score (nSPS) is 31.1. The number of alkyl halides is 2. The number of carbonyl (C=O) groups is 4. The van der Waals surface area contributed by atoms with Gasteiger partial charge in [-0.15, -0.1) is 0 Å². The van der Waals surface area contributed by atoms with Gasteiger partial charge in [-0.25, -0.2) is 0 Å². The van der Waals surface area contributed by atoms with Crippen molar-refractivity contribution >= 4 is 34.0 Å². The first-order valence-electron chi connectivity index (χ1n) is 10.3. The van der Waals surface area contributed by atoms with E-state index in [1.807, 2.05) is 0 Å². The second-order valence-corrected chi connectivity index (χ2v) is 10.7. The number of hydrogen-bond acceptors (Lipinski definition) is 11. The van der Waals surface area contributed by atoms with Gasteiger partial charge in [0.1, 0.15) is 29.6 Å². The van der Waals surface area contributed by atoms with Gasteiger partial charge >= 0.3 is 39.2 Å². The smallest absolute Gasteiger partial charge is 0.405 e. The predicted molar refractivity (Wildman–Crippen MR) is 103 cm³/mol. The standard InChI is InChI=1S/C19H24F2O12S/c1-7(19(20,21)34(26,27)28)29-8(22)5-6-9(23)30-14-13-11(17(25)33-18(2,3)4)10-12(31-13)15(14)32-16(10)24/h7,10-15H,5-6H2,1-4H3,(H,26,27,28). The maximum absolute atomic E-state index is 13.5. The molecule has 3 saturated heterocycles. The van der Waals surface area contributed by atoms with Gasteiger partial charge in [-0.2, -0.15) is 17.2 Å². The van der Waals surface area contributed by atoms with Crippen LogP contribution in [-0.2, 0) is 53.0 Å². The minimum Gasteiger partial charge on any atom is -0.460 e. The van der Waals surface area contributed by atoms with Crippen LogP contribution in [0.3, 0.4) is 0 Å². The van der Waals surface area contributed by atoms with Gasteiger partial charge in [-0.1, -0.05) is 0 Å². The van der Waals surface area contributed by atoms with Crippen molar-refractivity contribution in [2.75, 3.05) is 0 Å². The van der Waals surface area contributed by atoms with Gasteiger partial charge in [0.15, 0.2) is 18.3 Å². The van der Waals surface area contributed by atoms with Crippen LogP contribution in [0.2, 0.25) is 0 Å². The first-order valence-corrected chi connectivity index (χ1v) is 11.7. The Morgan fingerprint density at radius 2 is 1.68 bits per heavy atom. The van der Waals surface area contributed by atoms with Crippen LogP contribution < -0.4 is 0 Å². The van der Waals surface area contributed by atoms with E-state index in [-0.39, 0.29) is 0 Å². The van der Waals surface area contributed by atoms with Gasteiger partial charge in [-0.05, 0) is 27.7 Å². The fourth-order valence-corrected chi connectivity index (χ4v) is 4.53. The van der Waals surface area contributed by atoms with Gasteiger partial charge in [0.25, 0.3) is 0 Å². The molecule has 1 N–H and O–H groups in total. The highest BCUT2D eigenvalue weighted by molar-refractivity contribution is 7.86. The van der Waals surface area contributed by atoms with Gasteiger partial charge in [0, 0.05) is 0 Å². The Morgan fingerprint density at radius 3 is 2.24 bits per heavy atom. The summed E-state index contributed by atoms with van der Waals surface area (Å²) in [6.45, 7) is 5.46. The van der Waals surface area contributed by atoms with Gasteiger partial charge < -0.3 is 23.7 Å². The Labute approximate surface area is 192 Å². The topological polar surface area (TPSA) is 169 Å². The van der Waals surface area contributed by atoms with E-state index in [9.17, 15) is 36.4 Å². The van der Waals surface area contributed by atoms with E-state index in [1.165, 1.54) is 0 Å². The zero-order valence-corrected chi connectivity index (χ0v) is 19.4. The van der Waals surface area contributed by atoms with Crippen molar-refractivity contribution < 1.29 is 64.6 Å². The van der Waals surface area contributed by atoms with E-state index < -0.39 is 100 Å². The SMILES string of the molecule is CC(OC(=O)CCC(=O)OC1C2OC(=O)C3C2OC1C3C(=O)OC(C)(C)C)C(F)(F)S(=O)(=O)O. The largest absolute Gasteiger partial charge is 0.460 e. The Morgan fingerprint density at radius 1 is 1.09 bits per heavy atom. The Bertz CT molecular complexity index is 988. The molecule has 0 aromatic rings. The third kappa shape index (κ3) is 4.86. The number of carbonyl (C=O) groups excluding carboxylic acids is 4. The zero-order valence-electron chi connectivity index (χ0n) is 18.6. The number of ether oxygens (including phenoxy) is 5. The summed E-state index contributed by atoms with van der Waals surface area (Å²) in [6, 6.07) is 0. The van der Waals surface area contributed by atoms with E-state index in [4.69, 9.17) is 23.5 Å². The molecule has 0 aromatic heterocycles. The third-order valence-electron chi connectivity index (χ3n) is 5.51. The van der Waals surface area contributed by atoms with Crippen molar-refractivity contribution in [2.24, 2.45) is 11.8 Å².